The molecule has 0 N–H and O–H groups in total. The minimum atomic E-state index is 0.226. The lowest BCUT2D eigenvalue weighted by Crippen LogP contribution is -2.55. The summed E-state index contributed by atoms with van der Waals surface area (Å²) in [5.74, 6) is 0.507. The monoisotopic (exact) mass is 433 g/mol. The van der Waals surface area contributed by atoms with Gasteiger partial charge in [0.15, 0.2) is 0 Å². The van der Waals surface area contributed by atoms with Gasteiger partial charge in [0.1, 0.15) is 11.8 Å². The van der Waals surface area contributed by atoms with E-state index in [2.05, 4.69) is 41.4 Å². The average Bonchev–Trinajstić information content (AvgIpc) is 3.16. The molecule has 1 atom stereocenters. The van der Waals surface area contributed by atoms with E-state index in [1.807, 2.05) is 12.4 Å². The Balaban J connectivity index is 1.10. The van der Waals surface area contributed by atoms with E-state index in [9.17, 15) is 4.79 Å². The standard InChI is InChI=1S/C24H31N7O/c32-23(30-7-5-29(6-8-30)21-2-1-3-21)16-28-4-9-31-22(15-28)11-18-10-19(14-27-24(18)31)20-12-25-17-26-13-20/h10-13,17,19,21H,1-9,14-16H2. The molecule has 0 aromatic carbocycles. The molecule has 8 heteroatoms. The fourth-order valence-electron chi connectivity index (χ4n) is 5.52. The average molecular weight is 434 g/mol. The number of hydrogen-bond acceptors (Lipinski definition) is 6. The maximum Gasteiger partial charge on any atom is 0.236 e. The van der Waals surface area contributed by atoms with Gasteiger partial charge >= 0.3 is 0 Å². The zero-order chi connectivity index (χ0) is 21.5. The topological polar surface area (TPSA) is 69.9 Å². The molecule has 0 spiro atoms. The summed E-state index contributed by atoms with van der Waals surface area (Å²) in [5, 5.41) is 1.19. The fourth-order valence-corrected chi connectivity index (χ4v) is 5.52. The van der Waals surface area contributed by atoms with Gasteiger partial charge in [-0.1, -0.05) is 12.5 Å². The molecule has 0 radical (unpaired) electrons. The quantitative estimate of drug-likeness (QED) is 0.678. The molecule has 1 saturated heterocycles. The fraction of sp³-hybridized carbons (Fsp3) is 0.583. The van der Waals surface area contributed by atoms with Crippen LogP contribution in [0, 0.1) is 0 Å². The number of nitrogens with zero attached hydrogens (tertiary/aromatic N) is 7. The molecule has 1 saturated carbocycles. The molecule has 6 rings (SSSR count). The highest BCUT2D eigenvalue weighted by molar-refractivity contribution is 5.78. The lowest BCUT2D eigenvalue weighted by Gasteiger charge is -2.43. The van der Waals surface area contributed by atoms with Crippen LogP contribution in [-0.2, 0) is 17.9 Å². The van der Waals surface area contributed by atoms with Gasteiger partial charge in [0.05, 0.1) is 13.1 Å². The predicted octanol–water partition coefficient (Wildman–Crippen LogP) is -0.0121. The van der Waals surface area contributed by atoms with Crippen LogP contribution < -0.4 is 10.7 Å². The van der Waals surface area contributed by atoms with Crippen molar-refractivity contribution in [2.45, 2.75) is 44.3 Å². The van der Waals surface area contributed by atoms with E-state index in [-0.39, 0.29) is 11.8 Å². The van der Waals surface area contributed by atoms with E-state index in [0.717, 1.165) is 69.5 Å². The van der Waals surface area contributed by atoms with Crippen LogP contribution in [-0.4, -0.2) is 87.0 Å². The summed E-state index contributed by atoms with van der Waals surface area (Å²) in [6.07, 6.45) is 11.7. The van der Waals surface area contributed by atoms with E-state index >= 15 is 0 Å². The van der Waals surface area contributed by atoms with Crippen molar-refractivity contribution in [3.63, 3.8) is 0 Å². The lowest BCUT2D eigenvalue weighted by molar-refractivity contribution is -0.135. The van der Waals surface area contributed by atoms with Gasteiger partial charge in [0.25, 0.3) is 0 Å². The molecule has 3 aliphatic heterocycles. The Morgan fingerprint density at radius 1 is 1.03 bits per heavy atom. The molecule has 1 unspecified atom stereocenters. The molecule has 4 aliphatic rings. The first-order valence-corrected chi connectivity index (χ1v) is 12.0. The van der Waals surface area contributed by atoms with Crippen LogP contribution in [0.5, 0.6) is 0 Å². The SMILES string of the molecule is O=C(CN1CCn2c(cc3c2=NCC(c2cncnc2)C=3)C1)N1CCN(C2CCC2)CC1. The van der Waals surface area contributed by atoms with Gasteiger partial charge in [-0.25, -0.2) is 9.97 Å². The Kier molecular flexibility index (Phi) is 5.27. The van der Waals surface area contributed by atoms with E-state index in [0.29, 0.717) is 6.54 Å². The van der Waals surface area contributed by atoms with Crippen molar-refractivity contribution >= 4 is 12.0 Å². The van der Waals surface area contributed by atoms with E-state index < -0.39 is 0 Å². The van der Waals surface area contributed by atoms with Gasteiger partial charge < -0.3 is 9.47 Å². The summed E-state index contributed by atoms with van der Waals surface area (Å²) < 4.78 is 2.34. The first-order chi connectivity index (χ1) is 15.7. The second kappa shape index (κ2) is 8.41. The first-order valence-electron chi connectivity index (χ1n) is 12.0. The highest BCUT2D eigenvalue weighted by atomic mass is 16.2. The highest BCUT2D eigenvalue weighted by Crippen LogP contribution is 2.25. The predicted molar refractivity (Wildman–Crippen MR) is 120 cm³/mol. The minimum Gasteiger partial charge on any atom is -0.339 e. The van der Waals surface area contributed by atoms with Crippen LogP contribution in [0.1, 0.15) is 36.4 Å². The normalized spacial score (nSPS) is 24.1. The third-order valence-corrected chi connectivity index (χ3v) is 7.65. The molecule has 2 fully saturated rings. The van der Waals surface area contributed by atoms with Crippen LogP contribution in [0.4, 0.5) is 0 Å². The third kappa shape index (κ3) is 3.75. The summed E-state index contributed by atoms with van der Waals surface area (Å²) in [6.45, 7) is 7.69. The Hall–Kier alpha value is -2.58. The number of piperazine rings is 1. The summed E-state index contributed by atoms with van der Waals surface area (Å²) >= 11 is 0. The summed E-state index contributed by atoms with van der Waals surface area (Å²) in [6, 6.07) is 3.03. The largest absolute Gasteiger partial charge is 0.339 e. The Morgan fingerprint density at radius 2 is 1.84 bits per heavy atom. The zero-order valence-corrected chi connectivity index (χ0v) is 18.6. The maximum absolute atomic E-state index is 13.0. The molecular formula is C24H31N7O. The highest BCUT2D eigenvalue weighted by Gasteiger charge is 2.30. The van der Waals surface area contributed by atoms with Crippen molar-refractivity contribution in [3.05, 3.63) is 46.8 Å². The van der Waals surface area contributed by atoms with Crippen molar-refractivity contribution in [3.8, 4) is 0 Å². The van der Waals surface area contributed by atoms with Crippen molar-refractivity contribution < 1.29 is 4.79 Å². The molecule has 8 nitrogen and oxygen atoms in total. The van der Waals surface area contributed by atoms with E-state index in [1.165, 1.54) is 30.2 Å². The van der Waals surface area contributed by atoms with Gasteiger partial charge in [0.2, 0.25) is 5.91 Å². The van der Waals surface area contributed by atoms with Crippen molar-refractivity contribution in [2.24, 2.45) is 4.99 Å². The Morgan fingerprint density at radius 3 is 2.59 bits per heavy atom. The first kappa shape index (κ1) is 20.1. The number of amides is 1. The Labute approximate surface area is 188 Å². The van der Waals surface area contributed by atoms with Gasteiger partial charge in [-0.05, 0) is 24.5 Å². The van der Waals surface area contributed by atoms with Gasteiger partial charge in [-0.3, -0.25) is 19.6 Å². The number of fused-ring (bicyclic) bond motifs is 3. The number of rotatable bonds is 4. The minimum absolute atomic E-state index is 0.226. The van der Waals surface area contributed by atoms with Crippen molar-refractivity contribution in [2.75, 3.05) is 45.8 Å². The second-order valence-electron chi connectivity index (χ2n) is 9.56. The Bertz CT molecular complexity index is 1100. The molecule has 1 amide bonds. The van der Waals surface area contributed by atoms with Crippen molar-refractivity contribution in [1.29, 1.82) is 0 Å². The number of aromatic nitrogens is 3. The van der Waals surface area contributed by atoms with E-state index in [4.69, 9.17) is 4.99 Å². The van der Waals surface area contributed by atoms with Crippen LogP contribution in [0.2, 0.25) is 0 Å². The van der Waals surface area contributed by atoms with Gasteiger partial charge in [-0.2, -0.15) is 0 Å². The van der Waals surface area contributed by atoms with Crippen LogP contribution in [0.15, 0.2) is 29.8 Å². The molecule has 168 valence electrons. The number of carbonyl (C=O) groups is 1. The lowest BCUT2D eigenvalue weighted by atomic mass is 9.91. The van der Waals surface area contributed by atoms with Gasteiger partial charge in [-0.15, -0.1) is 0 Å². The molecule has 1 aliphatic carbocycles. The van der Waals surface area contributed by atoms with Gasteiger partial charge in [0, 0.05) is 81.1 Å². The van der Waals surface area contributed by atoms with Crippen LogP contribution >= 0.6 is 0 Å². The smallest absolute Gasteiger partial charge is 0.236 e. The summed E-state index contributed by atoms with van der Waals surface area (Å²) in [7, 11) is 0. The molecule has 32 heavy (non-hydrogen) atoms. The van der Waals surface area contributed by atoms with Crippen LogP contribution in [0.3, 0.4) is 0 Å². The molecule has 2 aromatic heterocycles. The van der Waals surface area contributed by atoms with Crippen LogP contribution in [0.25, 0.3) is 6.08 Å². The zero-order valence-electron chi connectivity index (χ0n) is 18.6. The molecule has 0 bridgehead atoms. The number of carbonyl (C=O) groups excluding carboxylic acids is 1. The third-order valence-electron chi connectivity index (χ3n) is 7.65. The van der Waals surface area contributed by atoms with Crippen molar-refractivity contribution in [1.82, 2.24) is 29.2 Å². The van der Waals surface area contributed by atoms with E-state index in [1.54, 1.807) is 6.33 Å². The number of hydrogen-bond donors (Lipinski definition) is 0. The summed E-state index contributed by atoms with van der Waals surface area (Å²) in [4.78, 5) is 33.1. The maximum atomic E-state index is 13.0. The molecule has 5 heterocycles. The summed E-state index contributed by atoms with van der Waals surface area (Å²) in [5.41, 5.74) is 3.45. The second-order valence-corrected chi connectivity index (χ2v) is 9.56. The molecular weight excluding hydrogens is 402 g/mol. The molecule has 2 aromatic rings.